The zero-order chi connectivity index (χ0) is 14.1. The van der Waals surface area contributed by atoms with Crippen molar-refractivity contribution < 1.29 is 4.79 Å². The summed E-state index contributed by atoms with van der Waals surface area (Å²) in [6.07, 6.45) is 5.31. The highest BCUT2D eigenvalue weighted by atomic mass is 35.5. The van der Waals surface area contributed by atoms with E-state index in [1.165, 1.54) is 11.8 Å². The molecule has 0 saturated carbocycles. The molecule has 1 saturated heterocycles. The molecule has 1 aromatic carbocycles. The molecule has 102 valence electrons. The number of hydrogen-bond acceptors (Lipinski definition) is 4. The van der Waals surface area contributed by atoms with Gasteiger partial charge in [0, 0.05) is 11.8 Å². The van der Waals surface area contributed by atoms with Crippen LogP contribution in [0.25, 0.3) is 11.8 Å². The molecule has 20 heavy (non-hydrogen) atoms. The highest BCUT2D eigenvalue weighted by molar-refractivity contribution is 8.14. The molecule has 1 unspecified atom stereocenters. The van der Waals surface area contributed by atoms with Crippen LogP contribution in [0, 0.1) is 0 Å². The van der Waals surface area contributed by atoms with Crippen molar-refractivity contribution in [2.24, 2.45) is 0 Å². The SMILES string of the molecule is O=C1NC(S)S/C1=C\c1cnn(-c2ccccc2Cl)c1. The van der Waals surface area contributed by atoms with E-state index in [9.17, 15) is 4.79 Å². The second-order valence-electron chi connectivity index (χ2n) is 4.12. The standard InChI is InChI=1S/C13H10ClN3OS2/c14-9-3-1-2-4-10(9)17-7-8(6-15-17)5-11-12(18)16-13(19)20-11/h1-7,13,19H,(H,16,18)/b11-5-. The number of nitrogens with zero attached hydrogens (tertiary/aromatic N) is 2. The number of aromatic nitrogens is 2. The first-order valence-corrected chi connectivity index (χ1v) is 7.58. The Balaban J connectivity index is 1.90. The van der Waals surface area contributed by atoms with Gasteiger partial charge in [0.15, 0.2) is 0 Å². The summed E-state index contributed by atoms with van der Waals surface area (Å²) in [7, 11) is 0. The Kier molecular flexibility index (Phi) is 3.78. The Morgan fingerprint density at radius 3 is 2.95 bits per heavy atom. The predicted molar refractivity (Wildman–Crippen MR) is 85.1 cm³/mol. The van der Waals surface area contributed by atoms with Gasteiger partial charge >= 0.3 is 0 Å². The summed E-state index contributed by atoms with van der Waals surface area (Å²) >= 11 is 11.7. The quantitative estimate of drug-likeness (QED) is 0.660. The molecule has 1 fully saturated rings. The van der Waals surface area contributed by atoms with Gasteiger partial charge in [-0.1, -0.05) is 35.5 Å². The number of carbonyl (C=O) groups is 1. The minimum Gasteiger partial charge on any atom is -0.331 e. The maximum absolute atomic E-state index is 11.6. The highest BCUT2D eigenvalue weighted by Gasteiger charge is 2.24. The number of amides is 1. The normalized spacial score (nSPS) is 20.4. The lowest BCUT2D eigenvalue weighted by molar-refractivity contribution is -0.116. The average molecular weight is 324 g/mol. The Morgan fingerprint density at radius 2 is 2.25 bits per heavy atom. The molecule has 1 aliphatic heterocycles. The molecule has 0 aliphatic carbocycles. The molecule has 4 nitrogen and oxygen atoms in total. The molecular weight excluding hydrogens is 314 g/mol. The van der Waals surface area contributed by atoms with Gasteiger partial charge in [-0.05, 0) is 18.2 Å². The van der Waals surface area contributed by atoms with Gasteiger partial charge in [-0.15, -0.1) is 12.6 Å². The van der Waals surface area contributed by atoms with Crippen molar-refractivity contribution in [3.8, 4) is 5.69 Å². The number of thioether (sulfide) groups is 1. The van der Waals surface area contributed by atoms with Gasteiger partial charge in [-0.3, -0.25) is 4.79 Å². The minimum absolute atomic E-state index is 0.111. The molecule has 1 aromatic heterocycles. The van der Waals surface area contributed by atoms with E-state index in [1.54, 1.807) is 17.0 Å². The lowest BCUT2D eigenvalue weighted by atomic mass is 10.3. The fourth-order valence-corrected chi connectivity index (χ4v) is 3.27. The molecule has 2 aromatic rings. The second kappa shape index (κ2) is 5.55. The van der Waals surface area contributed by atoms with Crippen molar-refractivity contribution in [3.63, 3.8) is 0 Å². The van der Waals surface area contributed by atoms with Crippen LogP contribution in [0.4, 0.5) is 0 Å². The fraction of sp³-hybridized carbons (Fsp3) is 0.0769. The molecule has 0 bridgehead atoms. The molecule has 7 heteroatoms. The number of rotatable bonds is 2. The zero-order valence-electron chi connectivity index (χ0n) is 10.2. The van der Waals surface area contributed by atoms with Crippen LogP contribution in [-0.2, 0) is 4.79 Å². The maximum atomic E-state index is 11.6. The smallest absolute Gasteiger partial charge is 0.259 e. The van der Waals surface area contributed by atoms with E-state index in [1.807, 2.05) is 30.5 Å². The van der Waals surface area contributed by atoms with Gasteiger partial charge in [0.2, 0.25) is 0 Å². The number of nitrogens with one attached hydrogen (secondary N) is 1. The number of hydrogen-bond donors (Lipinski definition) is 2. The van der Waals surface area contributed by atoms with E-state index in [-0.39, 0.29) is 10.6 Å². The number of para-hydroxylation sites is 1. The summed E-state index contributed by atoms with van der Waals surface area (Å²) in [6, 6.07) is 7.45. The summed E-state index contributed by atoms with van der Waals surface area (Å²) in [5.41, 5.74) is 1.64. The predicted octanol–water partition coefficient (Wildman–Crippen LogP) is 2.94. The van der Waals surface area contributed by atoms with Crippen LogP contribution in [0.3, 0.4) is 0 Å². The molecule has 1 N–H and O–H groups in total. The average Bonchev–Trinajstić information content (AvgIpc) is 2.98. The summed E-state index contributed by atoms with van der Waals surface area (Å²) in [5, 5.41) is 7.59. The first-order chi connectivity index (χ1) is 9.63. The Hall–Kier alpha value is -1.37. The van der Waals surface area contributed by atoms with Crippen molar-refractivity contribution in [3.05, 3.63) is 52.2 Å². The molecule has 0 spiro atoms. The van der Waals surface area contributed by atoms with E-state index in [0.717, 1.165) is 11.3 Å². The van der Waals surface area contributed by atoms with Crippen molar-refractivity contribution >= 4 is 48.0 Å². The van der Waals surface area contributed by atoms with Gasteiger partial charge in [-0.2, -0.15) is 5.10 Å². The Labute approximate surface area is 130 Å². The van der Waals surface area contributed by atoms with E-state index >= 15 is 0 Å². The van der Waals surface area contributed by atoms with Crippen LogP contribution in [0.5, 0.6) is 0 Å². The maximum Gasteiger partial charge on any atom is 0.259 e. The third kappa shape index (κ3) is 2.72. The summed E-state index contributed by atoms with van der Waals surface area (Å²) in [5.74, 6) is -0.111. The van der Waals surface area contributed by atoms with Crippen molar-refractivity contribution in [2.45, 2.75) is 4.71 Å². The third-order valence-electron chi connectivity index (χ3n) is 2.72. The second-order valence-corrected chi connectivity index (χ2v) is 6.54. The summed E-state index contributed by atoms with van der Waals surface area (Å²) in [4.78, 5) is 12.3. The first-order valence-electron chi connectivity index (χ1n) is 5.80. The molecule has 2 heterocycles. The van der Waals surface area contributed by atoms with Crippen LogP contribution in [0.2, 0.25) is 5.02 Å². The number of benzene rings is 1. The minimum atomic E-state index is -0.188. The number of carbonyl (C=O) groups excluding carboxylic acids is 1. The topological polar surface area (TPSA) is 46.9 Å². The van der Waals surface area contributed by atoms with Gasteiger partial charge < -0.3 is 5.32 Å². The monoisotopic (exact) mass is 323 g/mol. The number of halogens is 1. The van der Waals surface area contributed by atoms with Crippen molar-refractivity contribution in [1.29, 1.82) is 0 Å². The number of thiol groups is 1. The van der Waals surface area contributed by atoms with E-state index in [4.69, 9.17) is 11.6 Å². The molecule has 0 radical (unpaired) electrons. The van der Waals surface area contributed by atoms with E-state index in [0.29, 0.717) is 9.93 Å². The van der Waals surface area contributed by atoms with Crippen LogP contribution < -0.4 is 5.32 Å². The van der Waals surface area contributed by atoms with Gasteiger partial charge in [0.05, 0.1) is 21.8 Å². The largest absolute Gasteiger partial charge is 0.331 e. The van der Waals surface area contributed by atoms with Gasteiger partial charge in [0.25, 0.3) is 5.91 Å². The Bertz CT molecular complexity index is 698. The lowest BCUT2D eigenvalue weighted by Gasteiger charge is -2.02. The molecule has 1 atom stereocenters. The lowest BCUT2D eigenvalue weighted by Crippen LogP contribution is -2.19. The van der Waals surface area contributed by atoms with Crippen LogP contribution in [0.1, 0.15) is 5.56 Å². The van der Waals surface area contributed by atoms with Gasteiger partial charge in [-0.25, -0.2) is 4.68 Å². The van der Waals surface area contributed by atoms with E-state index < -0.39 is 0 Å². The van der Waals surface area contributed by atoms with Crippen molar-refractivity contribution in [2.75, 3.05) is 0 Å². The van der Waals surface area contributed by atoms with Crippen LogP contribution >= 0.6 is 36.0 Å². The molecule has 1 amide bonds. The third-order valence-corrected chi connectivity index (χ3v) is 4.38. The Morgan fingerprint density at radius 1 is 1.45 bits per heavy atom. The van der Waals surface area contributed by atoms with Crippen LogP contribution in [-0.4, -0.2) is 20.4 Å². The van der Waals surface area contributed by atoms with E-state index in [2.05, 4.69) is 23.0 Å². The molecule has 3 rings (SSSR count). The van der Waals surface area contributed by atoms with Crippen LogP contribution in [0.15, 0.2) is 41.6 Å². The fourth-order valence-electron chi connectivity index (χ4n) is 1.82. The highest BCUT2D eigenvalue weighted by Crippen LogP contribution is 2.31. The first kappa shape index (κ1) is 13.6. The molecule has 1 aliphatic rings. The summed E-state index contributed by atoms with van der Waals surface area (Å²) in [6.45, 7) is 0. The van der Waals surface area contributed by atoms with Gasteiger partial charge in [0.1, 0.15) is 4.71 Å². The summed E-state index contributed by atoms with van der Waals surface area (Å²) < 4.78 is 1.50. The molecular formula is C13H10ClN3OS2. The zero-order valence-corrected chi connectivity index (χ0v) is 12.6. The van der Waals surface area contributed by atoms with Crippen molar-refractivity contribution in [1.82, 2.24) is 15.1 Å².